The average Bonchev–Trinajstić information content (AvgIpc) is 2.39. The third kappa shape index (κ3) is 3.98. The number of benzene rings is 1. The van der Waals surface area contributed by atoms with Crippen molar-refractivity contribution < 1.29 is 4.79 Å². The first kappa shape index (κ1) is 15.5. The number of nitrogens with zero attached hydrogens (tertiary/aromatic N) is 1. The SMILES string of the molecule is CCC(CC)CN(CC)c1ccc(C(C)=O)c(N)c1. The van der Waals surface area contributed by atoms with E-state index in [1.54, 1.807) is 6.92 Å². The summed E-state index contributed by atoms with van der Waals surface area (Å²) in [6, 6.07) is 5.75. The van der Waals surface area contributed by atoms with E-state index in [0.29, 0.717) is 17.2 Å². The van der Waals surface area contributed by atoms with E-state index in [2.05, 4.69) is 25.7 Å². The van der Waals surface area contributed by atoms with Crippen molar-refractivity contribution in [2.45, 2.75) is 40.5 Å². The van der Waals surface area contributed by atoms with Gasteiger partial charge >= 0.3 is 0 Å². The number of anilines is 2. The second-order valence-corrected chi connectivity index (χ2v) is 5.05. The molecular formula is C16H26N2O. The lowest BCUT2D eigenvalue weighted by Gasteiger charge is -2.28. The van der Waals surface area contributed by atoms with E-state index in [1.807, 2.05) is 18.2 Å². The van der Waals surface area contributed by atoms with Crippen molar-refractivity contribution in [3.63, 3.8) is 0 Å². The summed E-state index contributed by atoms with van der Waals surface area (Å²) in [5.74, 6) is 0.723. The largest absolute Gasteiger partial charge is 0.398 e. The fraction of sp³-hybridized carbons (Fsp3) is 0.562. The summed E-state index contributed by atoms with van der Waals surface area (Å²) in [6.45, 7) is 10.2. The van der Waals surface area contributed by atoms with Crippen LogP contribution in [0.2, 0.25) is 0 Å². The van der Waals surface area contributed by atoms with Gasteiger partial charge in [0.15, 0.2) is 5.78 Å². The van der Waals surface area contributed by atoms with Gasteiger partial charge in [0, 0.05) is 30.0 Å². The van der Waals surface area contributed by atoms with Crippen LogP contribution in [0.4, 0.5) is 11.4 Å². The molecule has 0 heterocycles. The Morgan fingerprint density at radius 2 is 1.89 bits per heavy atom. The minimum Gasteiger partial charge on any atom is -0.398 e. The highest BCUT2D eigenvalue weighted by atomic mass is 16.1. The van der Waals surface area contributed by atoms with Gasteiger partial charge in [0.25, 0.3) is 0 Å². The summed E-state index contributed by atoms with van der Waals surface area (Å²) in [6.07, 6.45) is 2.38. The molecule has 0 saturated carbocycles. The van der Waals surface area contributed by atoms with Crippen LogP contribution < -0.4 is 10.6 Å². The van der Waals surface area contributed by atoms with Crippen LogP contribution in [0.5, 0.6) is 0 Å². The van der Waals surface area contributed by atoms with Crippen molar-refractivity contribution in [2.75, 3.05) is 23.7 Å². The second-order valence-electron chi connectivity index (χ2n) is 5.05. The number of rotatable bonds is 7. The quantitative estimate of drug-likeness (QED) is 0.601. The van der Waals surface area contributed by atoms with E-state index in [4.69, 9.17) is 5.73 Å². The zero-order valence-corrected chi connectivity index (χ0v) is 12.6. The van der Waals surface area contributed by atoms with Gasteiger partial charge in [-0.3, -0.25) is 4.79 Å². The summed E-state index contributed by atoms with van der Waals surface area (Å²) in [5, 5.41) is 0. The zero-order valence-electron chi connectivity index (χ0n) is 12.6. The number of nitrogen functional groups attached to an aromatic ring is 1. The Morgan fingerprint density at radius 3 is 2.32 bits per heavy atom. The maximum absolute atomic E-state index is 11.4. The van der Waals surface area contributed by atoms with Gasteiger partial charge < -0.3 is 10.6 Å². The Kier molecular flexibility index (Phi) is 5.87. The molecular weight excluding hydrogens is 236 g/mol. The first-order valence-corrected chi connectivity index (χ1v) is 7.18. The lowest BCUT2D eigenvalue weighted by molar-refractivity contribution is 0.101. The molecule has 0 fully saturated rings. The van der Waals surface area contributed by atoms with Gasteiger partial charge in [-0.2, -0.15) is 0 Å². The molecule has 1 aromatic rings. The normalized spacial score (nSPS) is 10.8. The molecule has 0 aliphatic rings. The molecule has 1 aromatic carbocycles. The van der Waals surface area contributed by atoms with Crippen LogP contribution >= 0.6 is 0 Å². The van der Waals surface area contributed by atoms with Gasteiger partial charge in [-0.15, -0.1) is 0 Å². The average molecular weight is 262 g/mol. The van der Waals surface area contributed by atoms with E-state index in [9.17, 15) is 4.79 Å². The van der Waals surface area contributed by atoms with Crippen molar-refractivity contribution in [3.8, 4) is 0 Å². The Bertz CT molecular complexity index is 425. The van der Waals surface area contributed by atoms with Gasteiger partial charge in [0.05, 0.1) is 0 Å². The predicted molar refractivity (Wildman–Crippen MR) is 82.8 cm³/mol. The molecule has 0 spiro atoms. The van der Waals surface area contributed by atoms with Crippen LogP contribution in [0.1, 0.15) is 50.9 Å². The van der Waals surface area contributed by atoms with Crippen LogP contribution in [0, 0.1) is 5.92 Å². The number of carbonyl (C=O) groups excluding carboxylic acids is 1. The lowest BCUT2D eigenvalue weighted by Crippen LogP contribution is -2.29. The summed E-state index contributed by atoms with van der Waals surface area (Å²) in [5.41, 5.74) is 8.26. The highest BCUT2D eigenvalue weighted by Crippen LogP contribution is 2.23. The Hall–Kier alpha value is -1.51. The standard InChI is InChI=1S/C16H26N2O/c1-5-13(6-2)11-18(7-3)14-8-9-15(12(4)19)16(17)10-14/h8-10,13H,5-7,11,17H2,1-4H3. The van der Waals surface area contributed by atoms with Crippen LogP contribution in [0.15, 0.2) is 18.2 Å². The maximum atomic E-state index is 11.4. The molecule has 0 atom stereocenters. The summed E-state index contributed by atoms with van der Waals surface area (Å²) in [7, 11) is 0. The Balaban J connectivity index is 2.93. The molecule has 0 bridgehead atoms. The molecule has 0 amide bonds. The number of hydrogen-bond donors (Lipinski definition) is 1. The van der Waals surface area contributed by atoms with Crippen molar-refractivity contribution >= 4 is 17.2 Å². The van der Waals surface area contributed by atoms with Gasteiger partial charge in [-0.25, -0.2) is 0 Å². The van der Waals surface area contributed by atoms with Gasteiger partial charge in [-0.1, -0.05) is 26.7 Å². The molecule has 1 rings (SSSR count). The number of hydrogen-bond acceptors (Lipinski definition) is 3. The molecule has 0 aliphatic heterocycles. The second kappa shape index (κ2) is 7.17. The minimum atomic E-state index is 0.0205. The molecule has 0 unspecified atom stereocenters. The highest BCUT2D eigenvalue weighted by molar-refractivity contribution is 5.99. The van der Waals surface area contributed by atoms with Crippen LogP contribution in [-0.4, -0.2) is 18.9 Å². The topological polar surface area (TPSA) is 46.3 Å². The monoisotopic (exact) mass is 262 g/mol. The summed E-state index contributed by atoms with van der Waals surface area (Å²) in [4.78, 5) is 13.7. The van der Waals surface area contributed by atoms with Crippen LogP contribution in [-0.2, 0) is 0 Å². The molecule has 19 heavy (non-hydrogen) atoms. The van der Waals surface area contributed by atoms with E-state index in [0.717, 1.165) is 18.8 Å². The molecule has 0 aromatic heterocycles. The van der Waals surface area contributed by atoms with Crippen molar-refractivity contribution in [1.82, 2.24) is 0 Å². The maximum Gasteiger partial charge on any atom is 0.161 e. The third-order valence-corrected chi connectivity index (χ3v) is 3.79. The molecule has 0 aliphatic carbocycles. The van der Waals surface area contributed by atoms with Gasteiger partial charge in [-0.05, 0) is 38.0 Å². The van der Waals surface area contributed by atoms with Crippen LogP contribution in [0.3, 0.4) is 0 Å². The fourth-order valence-corrected chi connectivity index (χ4v) is 2.34. The first-order valence-electron chi connectivity index (χ1n) is 7.18. The van der Waals surface area contributed by atoms with Crippen LogP contribution in [0.25, 0.3) is 0 Å². The van der Waals surface area contributed by atoms with Crippen molar-refractivity contribution in [1.29, 1.82) is 0 Å². The van der Waals surface area contributed by atoms with E-state index >= 15 is 0 Å². The molecule has 3 heteroatoms. The summed E-state index contributed by atoms with van der Waals surface area (Å²) >= 11 is 0. The molecule has 2 N–H and O–H groups in total. The first-order chi connectivity index (χ1) is 9.03. The van der Waals surface area contributed by atoms with E-state index in [1.165, 1.54) is 12.8 Å². The molecule has 3 nitrogen and oxygen atoms in total. The molecule has 0 radical (unpaired) electrons. The highest BCUT2D eigenvalue weighted by Gasteiger charge is 2.12. The lowest BCUT2D eigenvalue weighted by atomic mass is 10.0. The van der Waals surface area contributed by atoms with Crippen molar-refractivity contribution in [2.24, 2.45) is 5.92 Å². The molecule has 106 valence electrons. The van der Waals surface area contributed by atoms with E-state index in [-0.39, 0.29) is 5.78 Å². The van der Waals surface area contributed by atoms with Crippen molar-refractivity contribution in [3.05, 3.63) is 23.8 Å². The number of nitrogens with two attached hydrogens (primary N) is 1. The van der Waals surface area contributed by atoms with E-state index < -0.39 is 0 Å². The number of Topliss-reactive ketones (excluding diaryl/α,β-unsaturated/α-hetero) is 1. The number of carbonyl (C=O) groups is 1. The fourth-order valence-electron chi connectivity index (χ4n) is 2.34. The predicted octanol–water partition coefficient (Wildman–Crippen LogP) is 3.73. The van der Waals surface area contributed by atoms with Gasteiger partial charge in [0.2, 0.25) is 0 Å². The zero-order chi connectivity index (χ0) is 14.4. The smallest absolute Gasteiger partial charge is 0.161 e. The molecule has 0 saturated heterocycles. The number of ketones is 1. The Labute approximate surface area is 116 Å². The minimum absolute atomic E-state index is 0.0205. The van der Waals surface area contributed by atoms with Gasteiger partial charge in [0.1, 0.15) is 0 Å². The summed E-state index contributed by atoms with van der Waals surface area (Å²) < 4.78 is 0. The third-order valence-electron chi connectivity index (χ3n) is 3.79. The Morgan fingerprint density at radius 1 is 1.26 bits per heavy atom.